The van der Waals surface area contributed by atoms with Crippen LogP contribution >= 0.6 is 0 Å². The lowest BCUT2D eigenvalue weighted by molar-refractivity contribution is -0.132. The van der Waals surface area contributed by atoms with Crippen LogP contribution in [-0.2, 0) is 11.3 Å². The Bertz CT molecular complexity index is 1190. The van der Waals surface area contributed by atoms with E-state index in [1.807, 2.05) is 54.6 Å². The van der Waals surface area contributed by atoms with E-state index in [1.165, 1.54) is 0 Å². The van der Waals surface area contributed by atoms with Gasteiger partial charge in [0.05, 0.1) is 17.4 Å². The summed E-state index contributed by atoms with van der Waals surface area (Å²) in [6.07, 6.45) is 3.92. The van der Waals surface area contributed by atoms with Crippen molar-refractivity contribution in [2.75, 3.05) is 5.73 Å². The number of carbonyl (C=O) groups excluding carboxylic acids is 1. The normalized spacial score (nSPS) is 13.4. The molecule has 2 heterocycles. The number of amides is 1. The van der Waals surface area contributed by atoms with Gasteiger partial charge in [0.25, 0.3) is 5.91 Å². The number of hydrogen-bond acceptors (Lipinski definition) is 5. The molecular formula is C23H25N5O2. The maximum Gasteiger partial charge on any atom is 0.261 e. The van der Waals surface area contributed by atoms with Gasteiger partial charge < -0.3 is 20.8 Å². The highest BCUT2D eigenvalue weighted by Crippen LogP contribution is 2.28. The SMILES string of the molecule is CC(CCCCn1cnc2c(N)nc3ccccc3c21)(Oc1ccccc1)C(N)=O. The van der Waals surface area contributed by atoms with Crippen LogP contribution in [0.4, 0.5) is 5.82 Å². The summed E-state index contributed by atoms with van der Waals surface area (Å²) in [6.45, 7) is 2.49. The zero-order chi connectivity index (χ0) is 21.1. The fraction of sp³-hybridized carbons (Fsp3) is 0.261. The number of para-hydroxylation sites is 2. The van der Waals surface area contributed by atoms with Crippen molar-refractivity contribution in [3.63, 3.8) is 0 Å². The number of nitrogen functional groups attached to an aromatic ring is 1. The summed E-state index contributed by atoms with van der Waals surface area (Å²) in [4.78, 5) is 21.0. The number of unbranched alkanes of at least 4 members (excludes halogenated alkanes) is 1. The van der Waals surface area contributed by atoms with E-state index in [4.69, 9.17) is 16.2 Å². The number of rotatable bonds is 8. The van der Waals surface area contributed by atoms with E-state index >= 15 is 0 Å². The minimum atomic E-state index is -1.06. The Hall–Kier alpha value is -3.61. The number of primary amides is 1. The topological polar surface area (TPSA) is 109 Å². The van der Waals surface area contributed by atoms with Crippen LogP contribution in [0.1, 0.15) is 26.2 Å². The molecule has 2 aromatic heterocycles. The lowest BCUT2D eigenvalue weighted by atomic mass is 9.97. The van der Waals surface area contributed by atoms with Gasteiger partial charge in [-0.05, 0) is 44.4 Å². The van der Waals surface area contributed by atoms with Gasteiger partial charge in [0, 0.05) is 11.9 Å². The number of pyridine rings is 1. The molecule has 30 heavy (non-hydrogen) atoms. The average molecular weight is 403 g/mol. The Morgan fingerprint density at radius 2 is 1.83 bits per heavy atom. The largest absolute Gasteiger partial charge is 0.478 e. The van der Waals surface area contributed by atoms with Crippen LogP contribution in [0, 0.1) is 0 Å². The number of ether oxygens (including phenoxy) is 1. The Balaban J connectivity index is 1.47. The van der Waals surface area contributed by atoms with Crippen LogP contribution in [0.25, 0.3) is 21.9 Å². The van der Waals surface area contributed by atoms with E-state index in [0.29, 0.717) is 23.5 Å². The Labute approximate surface area is 174 Å². The number of nitrogens with zero attached hydrogens (tertiary/aromatic N) is 3. The van der Waals surface area contributed by atoms with Crippen molar-refractivity contribution >= 4 is 33.7 Å². The van der Waals surface area contributed by atoms with Gasteiger partial charge in [-0.1, -0.05) is 36.4 Å². The minimum absolute atomic E-state index is 0.431. The summed E-state index contributed by atoms with van der Waals surface area (Å²) >= 11 is 0. The van der Waals surface area contributed by atoms with E-state index in [9.17, 15) is 4.79 Å². The number of benzene rings is 2. The van der Waals surface area contributed by atoms with Crippen molar-refractivity contribution in [2.24, 2.45) is 5.73 Å². The van der Waals surface area contributed by atoms with Crippen molar-refractivity contribution in [2.45, 2.75) is 38.3 Å². The molecule has 0 aliphatic heterocycles. The molecule has 2 aromatic carbocycles. The van der Waals surface area contributed by atoms with Gasteiger partial charge in [0.1, 0.15) is 11.3 Å². The molecule has 4 aromatic rings. The first kappa shape index (κ1) is 19.7. The maximum absolute atomic E-state index is 12.1. The predicted octanol–water partition coefficient (Wildman–Crippen LogP) is 3.66. The van der Waals surface area contributed by atoms with Crippen LogP contribution in [0.2, 0.25) is 0 Å². The predicted molar refractivity (Wildman–Crippen MR) is 118 cm³/mol. The molecule has 0 bridgehead atoms. The maximum atomic E-state index is 12.1. The van der Waals surface area contributed by atoms with Gasteiger partial charge in [0.2, 0.25) is 0 Å². The molecule has 154 valence electrons. The molecule has 4 rings (SSSR count). The van der Waals surface area contributed by atoms with Gasteiger partial charge in [-0.2, -0.15) is 0 Å². The van der Waals surface area contributed by atoms with Gasteiger partial charge in [-0.25, -0.2) is 9.97 Å². The quantitative estimate of drug-likeness (QED) is 0.436. The highest BCUT2D eigenvalue weighted by molar-refractivity contribution is 6.06. The molecule has 0 spiro atoms. The number of aromatic nitrogens is 3. The molecule has 1 amide bonds. The second-order valence-electron chi connectivity index (χ2n) is 7.62. The van der Waals surface area contributed by atoms with Crippen molar-refractivity contribution < 1.29 is 9.53 Å². The van der Waals surface area contributed by atoms with Crippen molar-refractivity contribution in [3.8, 4) is 5.75 Å². The molecule has 7 nitrogen and oxygen atoms in total. The van der Waals surface area contributed by atoms with Crippen LogP contribution in [0.3, 0.4) is 0 Å². The van der Waals surface area contributed by atoms with Crippen LogP contribution in [0.15, 0.2) is 60.9 Å². The third-order valence-electron chi connectivity index (χ3n) is 5.39. The summed E-state index contributed by atoms with van der Waals surface area (Å²) in [5.41, 5.74) is 13.2. The Kier molecular flexibility index (Phi) is 5.27. The number of imidazole rings is 1. The monoisotopic (exact) mass is 403 g/mol. The number of aryl methyl sites for hydroxylation is 1. The van der Waals surface area contributed by atoms with Crippen LogP contribution < -0.4 is 16.2 Å². The van der Waals surface area contributed by atoms with Crippen LogP contribution in [-0.4, -0.2) is 26.0 Å². The minimum Gasteiger partial charge on any atom is -0.478 e. The second kappa shape index (κ2) is 8.02. The Morgan fingerprint density at radius 3 is 2.60 bits per heavy atom. The molecule has 0 saturated carbocycles. The van der Waals surface area contributed by atoms with Gasteiger partial charge in [0.15, 0.2) is 11.4 Å². The molecule has 0 aliphatic carbocycles. The van der Waals surface area contributed by atoms with Crippen molar-refractivity contribution in [3.05, 3.63) is 60.9 Å². The lowest BCUT2D eigenvalue weighted by Gasteiger charge is -2.27. The van der Waals surface area contributed by atoms with Gasteiger partial charge in [-0.3, -0.25) is 4.79 Å². The van der Waals surface area contributed by atoms with Gasteiger partial charge >= 0.3 is 0 Å². The molecule has 1 atom stereocenters. The first-order valence-corrected chi connectivity index (χ1v) is 10.0. The summed E-state index contributed by atoms with van der Waals surface area (Å²) in [6, 6.07) is 17.2. The summed E-state index contributed by atoms with van der Waals surface area (Å²) in [5, 5.41) is 1.02. The number of hydrogen-bond donors (Lipinski definition) is 2. The second-order valence-corrected chi connectivity index (χ2v) is 7.62. The number of carbonyl (C=O) groups is 1. The molecule has 7 heteroatoms. The summed E-state index contributed by atoms with van der Waals surface area (Å²) in [5.74, 6) is 0.595. The van der Waals surface area contributed by atoms with Crippen molar-refractivity contribution in [1.29, 1.82) is 0 Å². The van der Waals surface area contributed by atoms with E-state index in [-0.39, 0.29) is 0 Å². The lowest BCUT2D eigenvalue weighted by Crippen LogP contribution is -2.46. The fourth-order valence-corrected chi connectivity index (χ4v) is 3.69. The van der Waals surface area contributed by atoms with Crippen molar-refractivity contribution in [1.82, 2.24) is 14.5 Å². The summed E-state index contributed by atoms with van der Waals surface area (Å²) < 4.78 is 8.02. The fourth-order valence-electron chi connectivity index (χ4n) is 3.69. The standard InChI is InChI=1S/C23H25N5O2/c1-23(22(25)29,30-16-9-3-2-4-10-16)13-7-8-14-28-15-26-19-20(28)17-11-5-6-12-18(17)27-21(19)24/h2-6,9-12,15H,7-8,13-14H2,1H3,(H2,24,27)(H2,25,29). The van der Waals surface area contributed by atoms with Gasteiger partial charge in [-0.15, -0.1) is 0 Å². The molecule has 1 unspecified atom stereocenters. The molecule has 4 N–H and O–H groups in total. The van der Waals surface area contributed by atoms with E-state index in [0.717, 1.165) is 35.8 Å². The first-order valence-electron chi connectivity index (χ1n) is 10.0. The third kappa shape index (κ3) is 3.78. The molecule has 0 fully saturated rings. The number of nitrogens with two attached hydrogens (primary N) is 2. The van der Waals surface area contributed by atoms with Crippen LogP contribution in [0.5, 0.6) is 5.75 Å². The Morgan fingerprint density at radius 1 is 1.10 bits per heavy atom. The zero-order valence-electron chi connectivity index (χ0n) is 16.9. The summed E-state index contributed by atoms with van der Waals surface area (Å²) in [7, 11) is 0. The zero-order valence-corrected chi connectivity index (χ0v) is 16.9. The first-order chi connectivity index (χ1) is 14.5. The molecule has 0 saturated heterocycles. The smallest absolute Gasteiger partial charge is 0.261 e. The molecule has 0 aliphatic rings. The highest BCUT2D eigenvalue weighted by atomic mass is 16.5. The molecular weight excluding hydrogens is 378 g/mol. The van der Waals surface area contributed by atoms with E-state index in [2.05, 4.69) is 14.5 Å². The average Bonchev–Trinajstić information content (AvgIpc) is 3.17. The van der Waals surface area contributed by atoms with E-state index in [1.54, 1.807) is 13.3 Å². The third-order valence-corrected chi connectivity index (χ3v) is 5.39. The number of fused-ring (bicyclic) bond motifs is 3. The highest BCUT2D eigenvalue weighted by Gasteiger charge is 2.33. The van der Waals surface area contributed by atoms with E-state index < -0.39 is 11.5 Å². The number of anilines is 1. The molecule has 0 radical (unpaired) electrons.